The quantitative estimate of drug-likeness (QED) is 0.768. The van der Waals surface area contributed by atoms with Gasteiger partial charge in [-0.1, -0.05) is 41.9 Å². The first-order chi connectivity index (χ1) is 12.6. The third kappa shape index (κ3) is 3.43. The Morgan fingerprint density at radius 2 is 2.15 bits per heavy atom. The van der Waals surface area contributed by atoms with E-state index in [9.17, 15) is 4.79 Å². The molecule has 1 saturated heterocycles. The Morgan fingerprint density at radius 1 is 1.35 bits per heavy atom. The lowest BCUT2D eigenvalue weighted by Gasteiger charge is -2.16. The van der Waals surface area contributed by atoms with Crippen molar-refractivity contribution in [2.24, 2.45) is 0 Å². The summed E-state index contributed by atoms with van der Waals surface area (Å²) in [5.41, 5.74) is 2.96. The molecule has 3 heterocycles. The zero-order valence-electron chi connectivity index (χ0n) is 14.5. The molecule has 7 heteroatoms. The van der Waals surface area contributed by atoms with E-state index in [4.69, 9.17) is 11.6 Å². The van der Waals surface area contributed by atoms with Gasteiger partial charge in [-0.15, -0.1) is 0 Å². The van der Waals surface area contributed by atoms with E-state index < -0.39 is 0 Å². The number of aromatic nitrogens is 3. The molecule has 0 unspecified atom stereocenters. The highest BCUT2D eigenvalue weighted by Gasteiger charge is 2.26. The van der Waals surface area contributed by atoms with Crippen molar-refractivity contribution in [3.05, 3.63) is 64.6 Å². The topological polar surface area (TPSA) is 62.5 Å². The Balaban J connectivity index is 1.42. The molecule has 1 amide bonds. The van der Waals surface area contributed by atoms with Crippen molar-refractivity contribution < 1.29 is 4.79 Å². The molecule has 0 saturated carbocycles. The summed E-state index contributed by atoms with van der Waals surface area (Å²) in [7, 11) is 0. The van der Waals surface area contributed by atoms with Crippen LogP contribution in [-0.2, 0) is 6.54 Å². The van der Waals surface area contributed by atoms with E-state index in [2.05, 4.69) is 32.4 Å². The summed E-state index contributed by atoms with van der Waals surface area (Å²) < 4.78 is 1.56. The first-order valence-corrected chi connectivity index (χ1v) is 9.05. The molecule has 1 N–H and O–H groups in total. The Morgan fingerprint density at radius 3 is 2.96 bits per heavy atom. The number of carbonyl (C=O) groups excluding carboxylic acids is 1. The second kappa shape index (κ2) is 7.05. The third-order valence-corrected chi connectivity index (χ3v) is 4.97. The predicted molar refractivity (Wildman–Crippen MR) is 100 cm³/mol. The van der Waals surface area contributed by atoms with E-state index in [1.165, 1.54) is 5.56 Å². The van der Waals surface area contributed by atoms with Gasteiger partial charge in [-0.2, -0.15) is 5.10 Å². The van der Waals surface area contributed by atoms with Gasteiger partial charge in [0, 0.05) is 38.1 Å². The number of hydrogen-bond donors (Lipinski definition) is 1. The minimum atomic E-state index is -0.246. The van der Waals surface area contributed by atoms with Crippen LogP contribution in [0.4, 0.5) is 0 Å². The molecule has 1 atom stereocenters. The summed E-state index contributed by atoms with van der Waals surface area (Å²) in [6, 6.07) is 10.5. The largest absolute Gasteiger partial charge is 0.347 e. The van der Waals surface area contributed by atoms with E-state index in [1.54, 1.807) is 10.7 Å². The molecular formula is C19H20ClN5O. The Hall–Kier alpha value is -2.44. The van der Waals surface area contributed by atoms with Crippen LogP contribution < -0.4 is 5.32 Å². The van der Waals surface area contributed by atoms with Crippen molar-refractivity contribution in [2.75, 3.05) is 13.1 Å². The minimum absolute atomic E-state index is 0.0989. The number of likely N-dealkylation sites (tertiary alicyclic amines) is 1. The van der Waals surface area contributed by atoms with Crippen molar-refractivity contribution in [1.82, 2.24) is 24.8 Å². The van der Waals surface area contributed by atoms with Gasteiger partial charge in [-0.3, -0.25) is 9.69 Å². The van der Waals surface area contributed by atoms with Crippen molar-refractivity contribution in [1.29, 1.82) is 0 Å². The summed E-state index contributed by atoms with van der Waals surface area (Å²) >= 11 is 6.31. The third-order valence-electron chi connectivity index (χ3n) is 4.62. The monoisotopic (exact) mass is 369 g/mol. The smallest absolute Gasteiger partial charge is 0.273 e. The van der Waals surface area contributed by atoms with Gasteiger partial charge in [0.05, 0.1) is 0 Å². The second-order valence-electron chi connectivity index (χ2n) is 6.74. The summed E-state index contributed by atoms with van der Waals surface area (Å²) in [5, 5.41) is 7.65. The van der Waals surface area contributed by atoms with Crippen LogP contribution in [0.3, 0.4) is 0 Å². The molecule has 1 aliphatic heterocycles. The fourth-order valence-corrected chi connectivity index (χ4v) is 3.59. The van der Waals surface area contributed by atoms with E-state index in [0.29, 0.717) is 10.7 Å². The lowest BCUT2D eigenvalue weighted by molar-refractivity contribution is 0.0932. The summed E-state index contributed by atoms with van der Waals surface area (Å²) in [5.74, 6) is -0.246. The Labute approximate surface area is 156 Å². The van der Waals surface area contributed by atoms with Crippen LogP contribution >= 0.6 is 11.6 Å². The average Bonchev–Trinajstić information content (AvgIpc) is 3.20. The van der Waals surface area contributed by atoms with Crippen molar-refractivity contribution in [3.63, 3.8) is 0 Å². The van der Waals surface area contributed by atoms with Gasteiger partial charge in [0.15, 0.2) is 11.3 Å². The van der Waals surface area contributed by atoms with Crippen LogP contribution in [-0.4, -0.2) is 44.5 Å². The van der Waals surface area contributed by atoms with Gasteiger partial charge < -0.3 is 5.32 Å². The Kier molecular flexibility index (Phi) is 4.61. The number of nitrogens with zero attached hydrogens (tertiary/aromatic N) is 4. The number of amides is 1. The van der Waals surface area contributed by atoms with Gasteiger partial charge in [-0.05, 0) is 24.5 Å². The van der Waals surface area contributed by atoms with E-state index in [1.807, 2.05) is 31.3 Å². The number of halogens is 1. The molecular weight excluding hydrogens is 350 g/mol. The van der Waals surface area contributed by atoms with Crippen LogP contribution in [0.15, 0.2) is 42.7 Å². The molecule has 26 heavy (non-hydrogen) atoms. The normalized spacial score (nSPS) is 17.7. The number of rotatable bonds is 4. The maximum Gasteiger partial charge on any atom is 0.273 e. The molecule has 0 radical (unpaired) electrons. The molecule has 6 nitrogen and oxygen atoms in total. The maximum atomic E-state index is 12.6. The van der Waals surface area contributed by atoms with Gasteiger partial charge in [-0.25, -0.2) is 9.50 Å². The van der Waals surface area contributed by atoms with Crippen molar-refractivity contribution >= 4 is 23.2 Å². The average molecular weight is 370 g/mol. The molecule has 0 bridgehead atoms. The number of fused-ring (bicyclic) bond motifs is 1. The number of aryl methyl sites for hydroxylation is 1. The van der Waals surface area contributed by atoms with Gasteiger partial charge >= 0.3 is 0 Å². The highest BCUT2D eigenvalue weighted by molar-refractivity contribution is 6.36. The SMILES string of the molecule is Cc1cnc2c(Cl)c(C(=O)N[C@H]3CCN(Cc4ccccc4)C3)nn2c1. The highest BCUT2D eigenvalue weighted by Crippen LogP contribution is 2.21. The van der Waals surface area contributed by atoms with Gasteiger partial charge in [0.25, 0.3) is 5.91 Å². The molecule has 134 valence electrons. The summed E-state index contributed by atoms with van der Waals surface area (Å²) in [6.45, 7) is 4.59. The highest BCUT2D eigenvalue weighted by atomic mass is 35.5. The molecule has 1 aliphatic rings. The number of nitrogens with one attached hydrogen (secondary N) is 1. The number of carbonyl (C=O) groups is 1. The summed E-state index contributed by atoms with van der Waals surface area (Å²) in [4.78, 5) is 19.2. The summed E-state index contributed by atoms with van der Waals surface area (Å²) in [6.07, 6.45) is 4.44. The zero-order valence-corrected chi connectivity index (χ0v) is 15.3. The molecule has 0 spiro atoms. The van der Waals surface area contributed by atoms with Crippen LogP contribution in [0.5, 0.6) is 0 Å². The van der Waals surface area contributed by atoms with E-state index >= 15 is 0 Å². The van der Waals surface area contributed by atoms with Crippen LogP contribution in [0.25, 0.3) is 5.65 Å². The standard InChI is InChI=1S/C19H20ClN5O/c1-13-9-21-18-16(20)17(23-25(18)10-13)19(26)22-15-7-8-24(12-15)11-14-5-3-2-4-6-14/h2-6,9-10,15H,7-8,11-12H2,1H3,(H,22,26)/t15-/m0/s1. The maximum absolute atomic E-state index is 12.6. The van der Waals surface area contributed by atoms with Crippen molar-refractivity contribution in [3.8, 4) is 0 Å². The predicted octanol–water partition coefficient (Wildman–Crippen LogP) is 2.70. The molecule has 0 aliphatic carbocycles. The molecule has 3 aromatic rings. The molecule has 2 aromatic heterocycles. The Bertz CT molecular complexity index is 940. The van der Waals surface area contributed by atoms with Crippen LogP contribution in [0.1, 0.15) is 28.0 Å². The zero-order chi connectivity index (χ0) is 18.1. The molecule has 1 fully saturated rings. The fourth-order valence-electron chi connectivity index (χ4n) is 3.34. The first-order valence-electron chi connectivity index (χ1n) is 8.68. The van der Waals surface area contributed by atoms with E-state index in [-0.39, 0.29) is 17.6 Å². The lowest BCUT2D eigenvalue weighted by atomic mass is 10.2. The fraction of sp³-hybridized carbons (Fsp3) is 0.316. The van der Waals surface area contributed by atoms with E-state index in [0.717, 1.165) is 31.6 Å². The number of benzene rings is 1. The van der Waals surface area contributed by atoms with Gasteiger partial charge in [0.2, 0.25) is 0 Å². The second-order valence-corrected chi connectivity index (χ2v) is 7.12. The minimum Gasteiger partial charge on any atom is -0.347 e. The van der Waals surface area contributed by atoms with Crippen molar-refractivity contribution in [2.45, 2.75) is 25.9 Å². The van der Waals surface area contributed by atoms with Crippen LogP contribution in [0, 0.1) is 6.92 Å². The molecule has 1 aromatic carbocycles. The van der Waals surface area contributed by atoms with Crippen LogP contribution in [0.2, 0.25) is 5.02 Å². The lowest BCUT2D eigenvalue weighted by Crippen LogP contribution is -2.37. The van der Waals surface area contributed by atoms with Gasteiger partial charge in [0.1, 0.15) is 5.02 Å². The molecule has 4 rings (SSSR count). The number of hydrogen-bond acceptors (Lipinski definition) is 4. The first kappa shape index (κ1) is 17.0.